The van der Waals surface area contributed by atoms with Crippen molar-refractivity contribution in [2.45, 2.75) is 52.2 Å². The molecule has 2 aliphatic rings. The van der Waals surface area contributed by atoms with Crippen molar-refractivity contribution in [3.05, 3.63) is 69.8 Å². The third-order valence-corrected chi connectivity index (χ3v) is 5.76. The summed E-state index contributed by atoms with van der Waals surface area (Å²) in [6.45, 7) is 8.03. The lowest BCUT2D eigenvalue weighted by Gasteiger charge is -2.35. The lowest BCUT2D eigenvalue weighted by atomic mass is 9.83. The highest BCUT2D eigenvalue weighted by Crippen LogP contribution is 2.56. The number of aromatic hydroxyl groups is 2. The molecule has 3 N–H and O–H groups in total. The molecule has 158 valence electrons. The maximum absolute atomic E-state index is 11.6. The molecule has 2 aromatic rings. The summed E-state index contributed by atoms with van der Waals surface area (Å²) in [5.74, 6) is 1.32. The first-order chi connectivity index (χ1) is 14.2. The first kappa shape index (κ1) is 20.4. The van der Waals surface area contributed by atoms with Crippen LogP contribution < -0.4 is 9.47 Å². The van der Waals surface area contributed by atoms with Gasteiger partial charge in [0, 0.05) is 22.8 Å². The average molecular weight is 408 g/mol. The molecule has 5 nitrogen and oxygen atoms in total. The van der Waals surface area contributed by atoms with Gasteiger partial charge in [-0.15, -0.1) is 0 Å². The molecule has 2 heterocycles. The molecule has 0 bridgehead atoms. The number of fused-ring (bicyclic) bond motifs is 5. The largest absolute Gasteiger partial charge is 0.508 e. The molecule has 2 atom stereocenters. The van der Waals surface area contributed by atoms with Crippen molar-refractivity contribution in [2.24, 2.45) is 0 Å². The summed E-state index contributed by atoms with van der Waals surface area (Å²) in [7, 11) is 0. The Bertz CT molecular complexity index is 1060. The van der Waals surface area contributed by atoms with Crippen LogP contribution in [0.4, 0.5) is 0 Å². The SMILES string of the molecule is CC(C)=CCc1cc2c(cc1O)OC[C@@]1(O)c3ccc(O)c(CC=C(C)C)c3O[C@@H]21. The van der Waals surface area contributed by atoms with Crippen LogP contribution in [0.1, 0.15) is 56.1 Å². The van der Waals surface area contributed by atoms with Crippen LogP contribution in [0.15, 0.2) is 47.6 Å². The van der Waals surface area contributed by atoms with Gasteiger partial charge in [-0.25, -0.2) is 0 Å². The van der Waals surface area contributed by atoms with Crippen LogP contribution in [0.5, 0.6) is 23.0 Å². The highest BCUT2D eigenvalue weighted by molar-refractivity contribution is 5.59. The van der Waals surface area contributed by atoms with E-state index in [2.05, 4.69) is 0 Å². The van der Waals surface area contributed by atoms with Gasteiger partial charge >= 0.3 is 0 Å². The Morgan fingerprint density at radius 1 is 1.03 bits per heavy atom. The zero-order chi connectivity index (χ0) is 21.6. The minimum Gasteiger partial charge on any atom is -0.508 e. The van der Waals surface area contributed by atoms with Crippen LogP contribution >= 0.6 is 0 Å². The Labute approximate surface area is 176 Å². The molecule has 0 spiro atoms. The second-order valence-corrected chi connectivity index (χ2v) is 8.64. The molecule has 0 fully saturated rings. The topological polar surface area (TPSA) is 79.2 Å². The van der Waals surface area contributed by atoms with E-state index in [1.165, 1.54) is 0 Å². The number of benzene rings is 2. The second-order valence-electron chi connectivity index (χ2n) is 8.64. The molecular formula is C25H28O5. The Balaban J connectivity index is 1.79. The molecule has 0 unspecified atom stereocenters. The Kier molecular flexibility index (Phi) is 5.02. The quantitative estimate of drug-likeness (QED) is 0.632. The van der Waals surface area contributed by atoms with Crippen molar-refractivity contribution in [1.82, 2.24) is 0 Å². The van der Waals surface area contributed by atoms with Crippen LogP contribution in [0.3, 0.4) is 0 Å². The van der Waals surface area contributed by atoms with Crippen LogP contribution in [0, 0.1) is 0 Å². The van der Waals surface area contributed by atoms with E-state index >= 15 is 0 Å². The van der Waals surface area contributed by atoms with Gasteiger partial charge in [0.15, 0.2) is 11.7 Å². The minimum absolute atomic E-state index is 0.0112. The fourth-order valence-electron chi connectivity index (χ4n) is 4.06. The lowest BCUT2D eigenvalue weighted by molar-refractivity contribution is -0.0865. The van der Waals surface area contributed by atoms with Gasteiger partial charge < -0.3 is 24.8 Å². The summed E-state index contributed by atoms with van der Waals surface area (Å²) in [5, 5.41) is 32.4. The van der Waals surface area contributed by atoms with Crippen LogP contribution in [-0.2, 0) is 18.4 Å². The summed E-state index contributed by atoms with van der Waals surface area (Å²) >= 11 is 0. The molecule has 2 aliphatic heterocycles. The van der Waals surface area contributed by atoms with Crippen molar-refractivity contribution in [2.75, 3.05) is 6.61 Å². The van der Waals surface area contributed by atoms with E-state index in [1.54, 1.807) is 18.2 Å². The summed E-state index contributed by atoms with van der Waals surface area (Å²) < 4.78 is 12.1. The van der Waals surface area contributed by atoms with E-state index in [0.29, 0.717) is 41.0 Å². The van der Waals surface area contributed by atoms with Crippen molar-refractivity contribution in [3.63, 3.8) is 0 Å². The molecule has 0 aliphatic carbocycles. The van der Waals surface area contributed by atoms with Crippen molar-refractivity contribution >= 4 is 0 Å². The first-order valence-corrected chi connectivity index (χ1v) is 10.2. The summed E-state index contributed by atoms with van der Waals surface area (Å²) in [5.41, 5.74) is 3.64. The number of hydrogen-bond donors (Lipinski definition) is 3. The van der Waals surface area contributed by atoms with E-state index in [4.69, 9.17) is 9.47 Å². The maximum atomic E-state index is 11.6. The molecule has 0 saturated heterocycles. The maximum Gasteiger partial charge on any atom is 0.168 e. The smallest absolute Gasteiger partial charge is 0.168 e. The van der Waals surface area contributed by atoms with E-state index in [-0.39, 0.29) is 18.1 Å². The Morgan fingerprint density at radius 2 is 1.73 bits per heavy atom. The number of phenolic OH excluding ortho intramolecular Hbond substituents is 2. The molecule has 4 rings (SSSR count). The van der Waals surface area contributed by atoms with Gasteiger partial charge in [-0.3, -0.25) is 0 Å². The van der Waals surface area contributed by atoms with Crippen LogP contribution in [-0.4, -0.2) is 21.9 Å². The minimum atomic E-state index is -1.36. The van der Waals surface area contributed by atoms with Gasteiger partial charge in [0.25, 0.3) is 0 Å². The third-order valence-electron chi connectivity index (χ3n) is 5.76. The van der Waals surface area contributed by atoms with Gasteiger partial charge in [-0.2, -0.15) is 0 Å². The van der Waals surface area contributed by atoms with E-state index in [0.717, 1.165) is 16.7 Å². The monoisotopic (exact) mass is 408 g/mol. The van der Waals surface area contributed by atoms with Gasteiger partial charge in [0.1, 0.15) is 29.6 Å². The zero-order valence-electron chi connectivity index (χ0n) is 17.8. The molecule has 5 heteroatoms. The number of hydrogen-bond acceptors (Lipinski definition) is 5. The Hall–Kier alpha value is -2.92. The van der Waals surface area contributed by atoms with Crippen LogP contribution in [0.2, 0.25) is 0 Å². The third kappa shape index (κ3) is 3.33. The number of allylic oxidation sites excluding steroid dienone is 4. The molecular weight excluding hydrogens is 380 g/mol. The van der Waals surface area contributed by atoms with E-state index in [9.17, 15) is 15.3 Å². The Morgan fingerprint density at radius 3 is 2.43 bits per heavy atom. The first-order valence-electron chi connectivity index (χ1n) is 10.2. The van der Waals surface area contributed by atoms with Crippen molar-refractivity contribution < 1.29 is 24.8 Å². The normalized spacial score (nSPS) is 20.9. The number of phenols is 2. The number of rotatable bonds is 4. The summed E-state index contributed by atoms with van der Waals surface area (Å²) in [4.78, 5) is 0. The molecule has 30 heavy (non-hydrogen) atoms. The standard InChI is InChI=1S/C25H28O5/c1-14(2)5-7-16-11-18-22(12-21(16)27)29-13-25(28)19-9-10-20(26)17(8-6-15(3)4)23(19)30-24(18)25/h5-6,9-12,24,26-28H,7-8,13H2,1-4H3/t24-,25+/m0/s1. The predicted octanol–water partition coefficient (Wildman–Crippen LogP) is 4.83. The molecule has 2 aromatic carbocycles. The summed E-state index contributed by atoms with van der Waals surface area (Å²) in [6.07, 6.45) is 4.47. The second kappa shape index (κ2) is 7.40. The molecule has 0 amide bonds. The van der Waals surface area contributed by atoms with Gasteiger partial charge in [-0.05, 0) is 64.3 Å². The van der Waals surface area contributed by atoms with Gasteiger partial charge in [0.2, 0.25) is 0 Å². The van der Waals surface area contributed by atoms with E-state index < -0.39 is 11.7 Å². The van der Waals surface area contributed by atoms with Crippen molar-refractivity contribution in [3.8, 4) is 23.0 Å². The predicted molar refractivity (Wildman–Crippen MR) is 115 cm³/mol. The highest BCUT2D eigenvalue weighted by atomic mass is 16.5. The summed E-state index contributed by atoms with van der Waals surface area (Å²) in [6, 6.07) is 6.75. The molecule has 0 aromatic heterocycles. The van der Waals surface area contributed by atoms with Gasteiger partial charge in [-0.1, -0.05) is 23.3 Å². The fraction of sp³-hybridized carbons (Fsp3) is 0.360. The molecule has 0 radical (unpaired) electrons. The highest BCUT2D eigenvalue weighted by Gasteiger charge is 2.54. The average Bonchev–Trinajstić information content (AvgIpc) is 2.98. The number of aliphatic hydroxyl groups is 1. The van der Waals surface area contributed by atoms with Gasteiger partial charge in [0.05, 0.1) is 0 Å². The van der Waals surface area contributed by atoms with Crippen molar-refractivity contribution in [1.29, 1.82) is 0 Å². The van der Waals surface area contributed by atoms with E-state index in [1.807, 2.05) is 45.9 Å². The number of ether oxygens (including phenoxy) is 2. The zero-order valence-corrected chi connectivity index (χ0v) is 17.8. The van der Waals surface area contributed by atoms with Crippen LogP contribution in [0.25, 0.3) is 0 Å². The molecule has 0 saturated carbocycles. The fourth-order valence-corrected chi connectivity index (χ4v) is 4.06. The lowest BCUT2D eigenvalue weighted by Crippen LogP contribution is -2.41.